The Bertz CT molecular complexity index is 815. The standard InChI is InChI=1S/C18H24N4O3S/c1-25-18-7-2-14(13-21-18)12-20-16-8-10-22(11-9-16)26(23,24)17-5-3-15(19)4-6-17/h2-7,13,16,20H,8-12,19H2,1H3. The maximum atomic E-state index is 12.7. The highest BCUT2D eigenvalue weighted by molar-refractivity contribution is 7.89. The first-order chi connectivity index (χ1) is 12.5. The lowest BCUT2D eigenvalue weighted by atomic mass is 10.1. The molecule has 1 fully saturated rings. The number of aromatic nitrogens is 1. The Morgan fingerprint density at radius 3 is 2.46 bits per heavy atom. The summed E-state index contributed by atoms with van der Waals surface area (Å²) in [5.74, 6) is 0.593. The Balaban J connectivity index is 1.52. The highest BCUT2D eigenvalue weighted by Crippen LogP contribution is 2.21. The van der Waals surface area contributed by atoms with Crippen molar-refractivity contribution >= 4 is 15.7 Å². The van der Waals surface area contributed by atoms with Crippen LogP contribution in [0.1, 0.15) is 18.4 Å². The Kier molecular flexibility index (Phi) is 5.75. The Labute approximate surface area is 154 Å². The number of anilines is 1. The molecule has 1 aliphatic rings. The van der Waals surface area contributed by atoms with E-state index in [0.717, 1.165) is 18.4 Å². The van der Waals surface area contributed by atoms with Crippen molar-refractivity contribution in [3.05, 3.63) is 48.2 Å². The summed E-state index contributed by atoms with van der Waals surface area (Å²) in [6.07, 6.45) is 3.34. The van der Waals surface area contributed by atoms with Gasteiger partial charge in [0.05, 0.1) is 12.0 Å². The molecule has 26 heavy (non-hydrogen) atoms. The molecule has 2 heterocycles. The molecular formula is C18H24N4O3S. The largest absolute Gasteiger partial charge is 0.481 e. The lowest BCUT2D eigenvalue weighted by Gasteiger charge is -2.31. The van der Waals surface area contributed by atoms with Crippen molar-refractivity contribution in [2.24, 2.45) is 0 Å². The molecule has 7 nitrogen and oxygen atoms in total. The number of nitrogens with one attached hydrogen (secondary N) is 1. The first-order valence-electron chi connectivity index (χ1n) is 8.57. The van der Waals surface area contributed by atoms with Gasteiger partial charge in [0, 0.05) is 43.6 Å². The molecule has 0 radical (unpaired) electrons. The minimum atomic E-state index is -3.45. The number of ether oxygens (including phenoxy) is 1. The van der Waals surface area contributed by atoms with E-state index in [-0.39, 0.29) is 6.04 Å². The normalized spacial score (nSPS) is 16.5. The zero-order valence-corrected chi connectivity index (χ0v) is 15.6. The number of hydrogen-bond acceptors (Lipinski definition) is 6. The fourth-order valence-electron chi connectivity index (χ4n) is 2.99. The van der Waals surface area contributed by atoms with Gasteiger partial charge in [-0.2, -0.15) is 4.31 Å². The van der Waals surface area contributed by atoms with E-state index in [4.69, 9.17) is 10.5 Å². The quantitative estimate of drug-likeness (QED) is 0.744. The second kappa shape index (κ2) is 8.03. The number of methoxy groups -OCH3 is 1. The lowest BCUT2D eigenvalue weighted by Crippen LogP contribution is -2.44. The molecule has 0 atom stereocenters. The van der Waals surface area contributed by atoms with Gasteiger partial charge in [-0.05, 0) is 42.7 Å². The monoisotopic (exact) mass is 376 g/mol. The van der Waals surface area contributed by atoms with Crippen molar-refractivity contribution in [3.63, 3.8) is 0 Å². The summed E-state index contributed by atoms with van der Waals surface area (Å²) in [6, 6.07) is 10.4. The minimum Gasteiger partial charge on any atom is -0.481 e. The van der Waals surface area contributed by atoms with E-state index >= 15 is 0 Å². The van der Waals surface area contributed by atoms with Crippen LogP contribution in [0.5, 0.6) is 5.88 Å². The average Bonchev–Trinajstić information content (AvgIpc) is 2.67. The van der Waals surface area contributed by atoms with Gasteiger partial charge in [-0.3, -0.25) is 0 Å². The molecule has 3 N–H and O–H groups in total. The molecule has 0 aliphatic carbocycles. The molecule has 1 aromatic heterocycles. The highest BCUT2D eigenvalue weighted by atomic mass is 32.2. The number of nitrogen functional groups attached to an aromatic ring is 1. The molecule has 1 aliphatic heterocycles. The molecule has 0 spiro atoms. The van der Waals surface area contributed by atoms with Gasteiger partial charge in [-0.15, -0.1) is 0 Å². The Hall–Kier alpha value is -2.16. The minimum absolute atomic E-state index is 0.287. The van der Waals surface area contributed by atoms with Gasteiger partial charge in [-0.25, -0.2) is 13.4 Å². The fourth-order valence-corrected chi connectivity index (χ4v) is 4.46. The van der Waals surface area contributed by atoms with Crippen LogP contribution in [0.2, 0.25) is 0 Å². The van der Waals surface area contributed by atoms with Crippen molar-refractivity contribution in [1.82, 2.24) is 14.6 Å². The number of pyridine rings is 1. The van der Waals surface area contributed by atoms with Gasteiger partial charge in [0.2, 0.25) is 15.9 Å². The molecule has 140 valence electrons. The van der Waals surface area contributed by atoms with Crippen LogP contribution >= 0.6 is 0 Å². The number of hydrogen-bond donors (Lipinski definition) is 2. The summed E-state index contributed by atoms with van der Waals surface area (Å²) in [7, 11) is -1.86. The molecule has 0 amide bonds. The van der Waals surface area contributed by atoms with E-state index in [1.165, 1.54) is 0 Å². The maximum absolute atomic E-state index is 12.7. The summed E-state index contributed by atoms with van der Waals surface area (Å²) < 4.78 is 32.0. The number of piperidine rings is 1. The number of nitrogens with zero attached hydrogens (tertiary/aromatic N) is 2. The molecule has 3 rings (SSSR count). The van der Waals surface area contributed by atoms with Gasteiger partial charge < -0.3 is 15.8 Å². The summed E-state index contributed by atoms with van der Waals surface area (Å²) >= 11 is 0. The second-order valence-corrected chi connectivity index (χ2v) is 8.28. The van der Waals surface area contributed by atoms with Gasteiger partial charge in [-0.1, -0.05) is 6.07 Å². The first kappa shape index (κ1) is 18.6. The van der Waals surface area contributed by atoms with E-state index in [9.17, 15) is 8.42 Å². The molecule has 8 heteroatoms. The molecule has 0 saturated carbocycles. The SMILES string of the molecule is COc1ccc(CNC2CCN(S(=O)(=O)c3ccc(N)cc3)CC2)cn1. The van der Waals surface area contributed by atoms with E-state index in [1.807, 2.05) is 12.1 Å². The van der Waals surface area contributed by atoms with Gasteiger partial charge in [0.1, 0.15) is 0 Å². The number of nitrogens with two attached hydrogens (primary N) is 1. The third-order valence-corrected chi connectivity index (χ3v) is 6.49. The van der Waals surface area contributed by atoms with Gasteiger partial charge in [0.25, 0.3) is 0 Å². The van der Waals surface area contributed by atoms with E-state index < -0.39 is 10.0 Å². The van der Waals surface area contributed by atoms with Gasteiger partial charge >= 0.3 is 0 Å². The van der Waals surface area contributed by atoms with Gasteiger partial charge in [0.15, 0.2) is 0 Å². The number of rotatable bonds is 6. The van der Waals surface area contributed by atoms with E-state index in [0.29, 0.717) is 36.1 Å². The van der Waals surface area contributed by atoms with E-state index in [1.54, 1.807) is 41.9 Å². The molecule has 0 bridgehead atoms. The Morgan fingerprint density at radius 1 is 1.19 bits per heavy atom. The van der Waals surface area contributed by atoms with Crippen LogP contribution in [-0.4, -0.2) is 43.9 Å². The van der Waals surface area contributed by atoms with Crippen molar-refractivity contribution in [3.8, 4) is 5.88 Å². The van der Waals surface area contributed by atoms with Crippen molar-refractivity contribution in [1.29, 1.82) is 0 Å². The smallest absolute Gasteiger partial charge is 0.243 e. The molecule has 2 aromatic rings. The van der Waals surface area contributed by atoms with Crippen LogP contribution in [0.25, 0.3) is 0 Å². The van der Waals surface area contributed by atoms with Crippen molar-refractivity contribution in [2.75, 3.05) is 25.9 Å². The summed E-state index contributed by atoms with van der Waals surface area (Å²) in [4.78, 5) is 4.48. The summed E-state index contributed by atoms with van der Waals surface area (Å²) in [5, 5.41) is 3.48. The van der Waals surface area contributed by atoms with Crippen LogP contribution in [0, 0.1) is 0 Å². The average molecular weight is 376 g/mol. The first-order valence-corrected chi connectivity index (χ1v) is 10.0. The maximum Gasteiger partial charge on any atom is 0.243 e. The zero-order chi connectivity index (χ0) is 18.6. The third-order valence-electron chi connectivity index (χ3n) is 4.57. The molecular weight excluding hydrogens is 352 g/mol. The lowest BCUT2D eigenvalue weighted by molar-refractivity contribution is 0.288. The molecule has 1 aromatic carbocycles. The van der Waals surface area contributed by atoms with Crippen LogP contribution in [0.15, 0.2) is 47.5 Å². The number of sulfonamides is 1. The molecule has 1 saturated heterocycles. The van der Waals surface area contributed by atoms with Crippen LogP contribution in [-0.2, 0) is 16.6 Å². The highest BCUT2D eigenvalue weighted by Gasteiger charge is 2.29. The van der Waals surface area contributed by atoms with E-state index in [2.05, 4.69) is 10.3 Å². The zero-order valence-electron chi connectivity index (χ0n) is 14.8. The third kappa shape index (κ3) is 4.32. The summed E-state index contributed by atoms with van der Waals surface area (Å²) in [5.41, 5.74) is 7.26. The van der Waals surface area contributed by atoms with Crippen molar-refractivity contribution < 1.29 is 13.2 Å². The summed E-state index contributed by atoms with van der Waals surface area (Å²) in [6.45, 7) is 1.71. The van der Waals surface area contributed by atoms with Crippen molar-refractivity contribution in [2.45, 2.75) is 30.3 Å². The van der Waals surface area contributed by atoms with Crippen LogP contribution < -0.4 is 15.8 Å². The topological polar surface area (TPSA) is 97.5 Å². The second-order valence-electron chi connectivity index (χ2n) is 6.34. The fraction of sp³-hybridized carbons (Fsp3) is 0.389. The Morgan fingerprint density at radius 2 is 1.88 bits per heavy atom. The number of benzene rings is 1. The predicted octanol–water partition coefficient (Wildman–Crippen LogP) is 1.62. The molecule has 0 unspecified atom stereocenters. The predicted molar refractivity (Wildman–Crippen MR) is 100 cm³/mol. The van der Waals surface area contributed by atoms with Crippen LogP contribution in [0.4, 0.5) is 5.69 Å². The van der Waals surface area contributed by atoms with Crippen LogP contribution in [0.3, 0.4) is 0 Å².